The van der Waals surface area contributed by atoms with Crippen LogP contribution in [0.15, 0.2) is 243 Å². The minimum Gasteiger partial charge on any atom is -0.310 e. The summed E-state index contributed by atoms with van der Waals surface area (Å²) >= 11 is 0. The summed E-state index contributed by atoms with van der Waals surface area (Å²) < 4.78 is 0. The average Bonchev–Trinajstić information content (AvgIpc) is 3.81. The maximum atomic E-state index is 2.48. The fraction of sp³-hybridized carbons (Fsp3) is 0.0625. The van der Waals surface area contributed by atoms with Gasteiger partial charge in [-0.15, -0.1) is 0 Å². The molecule has 0 fully saturated rings. The summed E-state index contributed by atoms with van der Waals surface area (Å²) in [5.74, 6) is 0. The molecule has 66 heavy (non-hydrogen) atoms. The van der Waals surface area contributed by atoms with E-state index in [1.165, 1.54) is 89.3 Å². The van der Waals surface area contributed by atoms with Crippen LogP contribution in [0.25, 0.3) is 44.5 Å². The molecule has 0 saturated heterocycles. The molecular weight excluding hydrogens is 797 g/mol. The maximum Gasteiger partial charge on any atom is 0.0755 e. The third-order valence-corrected chi connectivity index (χ3v) is 14.7. The van der Waals surface area contributed by atoms with Gasteiger partial charge in [0.25, 0.3) is 0 Å². The zero-order chi connectivity index (χ0) is 44.0. The van der Waals surface area contributed by atoms with Crippen LogP contribution in [0.2, 0.25) is 0 Å². The summed E-state index contributed by atoms with van der Waals surface area (Å²) in [7, 11) is 0. The highest BCUT2D eigenvalue weighted by molar-refractivity contribution is 6.01. The monoisotopic (exact) mass is 842 g/mol. The molecule has 0 N–H and O–H groups in total. The van der Waals surface area contributed by atoms with Crippen molar-refractivity contribution in [3.8, 4) is 44.5 Å². The van der Waals surface area contributed by atoms with E-state index in [0.717, 1.165) is 22.7 Å². The molecule has 0 unspecified atom stereocenters. The Kier molecular flexibility index (Phi) is 8.51. The Balaban J connectivity index is 1.01. The van der Waals surface area contributed by atoms with Crippen molar-refractivity contribution in [2.24, 2.45) is 0 Å². The highest BCUT2D eigenvalue weighted by Gasteiger charge is 2.52. The second-order valence-electron chi connectivity index (χ2n) is 18.4. The van der Waals surface area contributed by atoms with Crippen LogP contribution < -0.4 is 9.80 Å². The van der Waals surface area contributed by atoms with Gasteiger partial charge in [0.1, 0.15) is 0 Å². The van der Waals surface area contributed by atoms with Crippen molar-refractivity contribution in [3.63, 3.8) is 0 Å². The first-order valence-electron chi connectivity index (χ1n) is 23.1. The molecule has 2 aliphatic carbocycles. The number of nitrogens with zero attached hydrogens (tertiary/aromatic N) is 2. The van der Waals surface area contributed by atoms with Gasteiger partial charge in [-0.2, -0.15) is 0 Å². The third kappa shape index (κ3) is 5.48. The van der Waals surface area contributed by atoms with Crippen molar-refractivity contribution in [2.45, 2.75) is 24.7 Å². The fourth-order valence-electron chi connectivity index (χ4n) is 11.7. The van der Waals surface area contributed by atoms with Crippen molar-refractivity contribution in [3.05, 3.63) is 276 Å². The lowest BCUT2D eigenvalue weighted by Gasteiger charge is -2.45. The molecular formula is C64H46N2. The van der Waals surface area contributed by atoms with Gasteiger partial charge in [-0.05, 0) is 133 Å². The smallest absolute Gasteiger partial charge is 0.0755 e. The first-order chi connectivity index (χ1) is 32.5. The maximum absolute atomic E-state index is 2.48. The SMILES string of the molecule is CC1(C)c2ccccc2-c2ccc(-c3ccc(N(c4ccc(-c5ccccc5)cc4)c4cccc5c4-c4ccccc4C54c5ccccc5N(c5ccccc5)c5ccccc54)cc3)cc21. The largest absolute Gasteiger partial charge is 0.310 e. The number of benzene rings is 10. The summed E-state index contributed by atoms with van der Waals surface area (Å²) in [6.07, 6.45) is 0. The minimum atomic E-state index is -0.561. The number of anilines is 6. The van der Waals surface area contributed by atoms with E-state index in [9.17, 15) is 0 Å². The van der Waals surface area contributed by atoms with Gasteiger partial charge >= 0.3 is 0 Å². The van der Waals surface area contributed by atoms with Crippen LogP contribution >= 0.6 is 0 Å². The van der Waals surface area contributed by atoms with Gasteiger partial charge in [-0.1, -0.05) is 196 Å². The lowest BCUT2D eigenvalue weighted by Crippen LogP contribution is -2.36. The van der Waals surface area contributed by atoms with Crippen molar-refractivity contribution >= 4 is 34.1 Å². The van der Waals surface area contributed by atoms with E-state index in [0.29, 0.717) is 0 Å². The first-order valence-corrected chi connectivity index (χ1v) is 23.1. The van der Waals surface area contributed by atoms with E-state index >= 15 is 0 Å². The topological polar surface area (TPSA) is 6.48 Å². The highest BCUT2D eigenvalue weighted by atomic mass is 15.2. The average molecular weight is 843 g/mol. The Labute approximate surface area is 387 Å². The number of para-hydroxylation sites is 3. The third-order valence-electron chi connectivity index (χ3n) is 14.7. The molecule has 1 aliphatic heterocycles. The summed E-state index contributed by atoms with van der Waals surface area (Å²) in [5, 5.41) is 0. The number of rotatable bonds is 6. The van der Waals surface area contributed by atoms with Crippen LogP contribution in [0, 0.1) is 0 Å². The van der Waals surface area contributed by atoms with Crippen LogP contribution in [-0.2, 0) is 10.8 Å². The van der Waals surface area contributed by atoms with E-state index in [-0.39, 0.29) is 5.41 Å². The van der Waals surface area contributed by atoms with E-state index in [1.807, 2.05) is 0 Å². The molecule has 13 rings (SSSR count). The number of fused-ring (bicyclic) bond motifs is 12. The van der Waals surface area contributed by atoms with Crippen molar-refractivity contribution in [1.29, 1.82) is 0 Å². The van der Waals surface area contributed by atoms with Crippen LogP contribution in [-0.4, -0.2) is 0 Å². The first kappa shape index (κ1) is 38.3. The molecule has 10 aromatic carbocycles. The van der Waals surface area contributed by atoms with Gasteiger partial charge in [0.2, 0.25) is 0 Å². The molecule has 0 aromatic heterocycles. The zero-order valence-electron chi connectivity index (χ0n) is 37.0. The second kappa shape index (κ2) is 14.7. The normalized spacial score (nSPS) is 14.1. The predicted molar refractivity (Wildman–Crippen MR) is 275 cm³/mol. The van der Waals surface area contributed by atoms with Crippen LogP contribution in [0.5, 0.6) is 0 Å². The molecule has 2 heteroatoms. The molecule has 1 heterocycles. The molecule has 3 aliphatic rings. The molecule has 0 amide bonds. The van der Waals surface area contributed by atoms with Crippen molar-refractivity contribution in [2.75, 3.05) is 9.80 Å². The Hall–Kier alpha value is -8.20. The summed E-state index contributed by atoms with van der Waals surface area (Å²) in [6, 6.07) is 90.0. The lowest BCUT2D eigenvalue weighted by atomic mass is 9.64. The molecule has 0 saturated carbocycles. The Morgan fingerprint density at radius 1 is 0.333 bits per heavy atom. The summed E-state index contributed by atoms with van der Waals surface area (Å²) in [4.78, 5) is 4.93. The van der Waals surface area contributed by atoms with Gasteiger partial charge in [-0.25, -0.2) is 0 Å². The quantitative estimate of drug-likeness (QED) is 0.165. The predicted octanol–water partition coefficient (Wildman–Crippen LogP) is 16.9. The van der Waals surface area contributed by atoms with E-state index in [2.05, 4.69) is 266 Å². The van der Waals surface area contributed by atoms with Gasteiger partial charge in [0.15, 0.2) is 0 Å². The van der Waals surface area contributed by atoms with E-state index in [4.69, 9.17) is 0 Å². The Morgan fingerprint density at radius 3 is 1.45 bits per heavy atom. The zero-order valence-corrected chi connectivity index (χ0v) is 37.0. The Bertz CT molecular complexity index is 3450. The van der Waals surface area contributed by atoms with Crippen LogP contribution in [0.4, 0.5) is 34.1 Å². The molecule has 1 spiro atoms. The Morgan fingerprint density at radius 2 is 0.803 bits per heavy atom. The lowest BCUT2D eigenvalue weighted by molar-refractivity contribution is 0.660. The standard InChI is InChI=1S/C64H46N2/c1-63(2)53-24-11-9-22-50(53)51-41-36-46(42-58(51)63)45-34-39-49(40-35-45)65(48-37-32-44(33-38-48)43-18-5-3-6-19-43)61-31-17-28-57-62(61)52-23-10-12-25-54(52)64(57)55-26-13-15-29-59(55)66(47-20-7-4-8-21-47)60-30-16-14-27-56(60)64/h3-42H,1-2H3. The van der Waals surface area contributed by atoms with Crippen molar-refractivity contribution < 1.29 is 0 Å². The van der Waals surface area contributed by atoms with E-state index < -0.39 is 5.41 Å². The molecule has 0 bridgehead atoms. The van der Waals surface area contributed by atoms with Gasteiger partial charge in [0.05, 0.1) is 22.5 Å². The number of hydrogen-bond acceptors (Lipinski definition) is 2. The highest BCUT2D eigenvalue weighted by Crippen LogP contribution is 2.65. The molecule has 0 radical (unpaired) electrons. The summed E-state index contributed by atoms with van der Waals surface area (Å²) in [6.45, 7) is 4.71. The van der Waals surface area contributed by atoms with Gasteiger partial charge in [-0.3, -0.25) is 0 Å². The van der Waals surface area contributed by atoms with Crippen molar-refractivity contribution in [1.82, 2.24) is 0 Å². The molecule has 2 nitrogen and oxygen atoms in total. The van der Waals surface area contributed by atoms with Gasteiger partial charge in [0, 0.05) is 28.0 Å². The van der Waals surface area contributed by atoms with Crippen LogP contribution in [0.3, 0.4) is 0 Å². The van der Waals surface area contributed by atoms with Gasteiger partial charge < -0.3 is 9.80 Å². The molecule has 0 atom stereocenters. The summed E-state index contributed by atoms with van der Waals surface area (Å²) in [5.41, 5.74) is 24.2. The van der Waals surface area contributed by atoms with E-state index in [1.54, 1.807) is 0 Å². The molecule has 10 aromatic rings. The number of hydrogen-bond donors (Lipinski definition) is 0. The fourth-order valence-corrected chi connectivity index (χ4v) is 11.7. The second-order valence-corrected chi connectivity index (χ2v) is 18.4. The minimum absolute atomic E-state index is 0.0644. The van der Waals surface area contributed by atoms with Crippen LogP contribution in [0.1, 0.15) is 47.2 Å². The molecule has 312 valence electrons.